The van der Waals surface area contributed by atoms with Crippen molar-refractivity contribution in [1.29, 1.82) is 0 Å². The maximum atomic E-state index is 12.5. The number of hydrogen-bond acceptors (Lipinski definition) is 4. The lowest BCUT2D eigenvalue weighted by Crippen LogP contribution is -2.31. The smallest absolute Gasteiger partial charge is 0.255 e. The van der Waals surface area contributed by atoms with Crippen LogP contribution in [0.25, 0.3) is 0 Å². The van der Waals surface area contributed by atoms with Crippen molar-refractivity contribution in [2.24, 2.45) is 0 Å². The minimum Gasteiger partial charge on any atom is -0.354 e. The summed E-state index contributed by atoms with van der Waals surface area (Å²) >= 11 is 0. The number of rotatable bonds is 8. The first-order chi connectivity index (χ1) is 13.6. The van der Waals surface area contributed by atoms with Crippen molar-refractivity contribution in [2.75, 3.05) is 5.32 Å². The Labute approximate surface area is 172 Å². The first-order valence-electron chi connectivity index (χ1n) is 9.39. The normalized spacial score (nSPS) is 11.5. The fourth-order valence-corrected chi connectivity index (χ4v) is 3.95. The van der Waals surface area contributed by atoms with E-state index in [2.05, 4.69) is 15.4 Å². The number of benzene rings is 2. The van der Waals surface area contributed by atoms with Gasteiger partial charge in [-0.3, -0.25) is 9.59 Å². The molecule has 8 heteroatoms. The number of sulfonamides is 1. The van der Waals surface area contributed by atoms with Gasteiger partial charge in [-0.15, -0.1) is 0 Å². The first kappa shape index (κ1) is 22.6. The van der Waals surface area contributed by atoms with Gasteiger partial charge in [-0.1, -0.05) is 18.2 Å². The van der Waals surface area contributed by atoms with Crippen LogP contribution < -0.4 is 15.4 Å². The van der Waals surface area contributed by atoms with Crippen LogP contribution in [0.4, 0.5) is 5.69 Å². The number of nitrogens with one attached hydrogen (secondary N) is 3. The highest BCUT2D eigenvalue weighted by atomic mass is 32.2. The molecule has 0 aliphatic heterocycles. The van der Waals surface area contributed by atoms with Gasteiger partial charge < -0.3 is 10.6 Å². The predicted molar refractivity (Wildman–Crippen MR) is 113 cm³/mol. The Bertz CT molecular complexity index is 968. The zero-order chi connectivity index (χ0) is 21.6. The van der Waals surface area contributed by atoms with E-state index in [4.69, 9.17) is 0 Å². The Balaban J connectivity index is 2.07. The molecule has 0 aromatic heterocycles. The average molecular weight is 418 g/mol. The van der Waals surface area contributed by atoms with Crippen LogP contribution in [0, 0.1) is 0 Å². The molecule has 2 aromatic carbocycles. The topological polar surface area (TPSA) is 104 Å². The van der Waals surface area contributed by atoms with Gasteiger partial charge in [0.15, 0.2) is 0 Å². The van der Waals surface area contributed by atoms with Crippen molar-refractivity contribution in [3.8, 4) is 0 Å². The average Bonchev–Trinajstić information content (AvgIpc) is 2.61. The maximum absolute atomic E-state index is 12.5. The molecule has 2 amide bonds. The Morgan fingerprint density at radius 3 is 2.17 bits per heavy atom. The van der Waals surface area contributed by atoms with Crippen LogP contribution in [0.5, 0.6) is 0 Å². The molecule has 0 atom stereocenters. The second kappa shape index (κ2) is 9.67. The number of hydrogen-bond donors (Lipinski definition) is 3. The van der Waals surface area contributed by atoms with E-state index < -0.39 is 15.9 Å². The molecule has 3 N–H and O–H groups in total. The lowest BCUT2D eigenvalue weighted by Gasteiger charge is -2.11. The number of carbonyl (C=O) groups excluding carboxylic acids is 2. The van der Waals surface area contributed by atoms with Crippen molar-refractivity contribution in [3.63, 3.8) is 0 Å². The molecular formula is C21H27N3O4S. The minimum atomic E-state index is -3.68. The molecule has 29 heavy (non-hydrogen) atoms. The third kappa shape index (κ3) is 6.99. The van der Waals surface area contributed by atoms with Crippen molar-refractivity contribution >= 4 is 27.5 Å². The summed E-state index contributed by atoms with van der Waals surface area (Å²) in [6, 6.07) is 12.6. The molecule has 0 aliphatic rings. The summed E-state index contributed by atoms with van der Waals surface area (Å²) in [5.41, 5.74) is 1.61. The lowest BCUT2D eigenvalue weighted by molar-refractivity contribution is -0.120. The van der Waals surface area contributed by atoms with E-state index in [1.807, 2.05) is 13.8 Å². The van der Waals surface area contributed by atoms with Gasteiger partial charge >= 0.3 is 0 Å². The maximum Gasteiger partial charge on any atom is 0.255 e. The molecule has 2 rings (SSSR count). The van der Waals surface area contributed by atoms with Crippen molar-refractivity contribution in [1.82, 2.24) is 10.0 Å². The molecule has 0 unspecified atom stereocenters. The fourth-order valence-electron chi connectivity index (χ4n) is 2.65. The van der Waals surface area contributed by atoms with Crippen LogP contribution >= 0.6 is 0 Å². The van der Waals surface area contributed by atoms with E-state index in [0.717, 1.165) is 5.56 Å². The van der Waals surface area contributed by atoms with Gasteiger partial charge in [0, 0.05) is 23.3 Å². The Hall–Kier alpha value is -2.71. The molecule has 0 saturated heterocycles. The van der Waals surface area contributed by atoms with Crippen molar-refractivity contribution in [2.45, 2.75) is 51.1 Å². The molecule has 2 aromatic rings. The van der Waals surface area contributed by atoms with Gasteiger partial charge in [-0.2, -0.15) is 0 Å². The summed E-state index contributed by atoms with van der Waals surface area (Å²) in [6.07, 6.45) is 0.259. The van der Waals surface area contributed by atoms with E-state index in [0.29, 0.717) is 5.69 Å². The zero-order valence-corrected chi connectivity index (χ0v) is 17.8. The third-order valence-electron chi connectivity index (χ3n) is 3.82. The molecular weight excluding hydrogens is 390 g/mol. The highest BCUT2D eigenvalue weighted by Crippen LogP contribution is 2.15. The highest BCUT2D eigenvalue weighted by Gasteiger charge is 2.17. The minimum absolute atomic E-state index is 0.0327. The highest BCUT2D eigenvalue weighted by molar-refractivity contribution is 7.89. The van der Waals surface area contributed by atoms with Crippen LogP contribution in [-0.2, 0) is 21.2 Å². The van der Waals surface area contributed by atoms with Crippen molar-refractivity contribution in [3.05, 3.63) is 59.7 Å². The molecule has 0 saturated carbocycles. The number of anilines is 1. The monoisotopic (exact) mass is 417 g/mol. The van der Waals surface area contributed by atoms with Crippen LogP contribution in [0.3, 0.4) is 0 Å². The predicted octanol–water partition coefficient (Wildman–Crippen LogP) is 2.69. The first-order valence-corrected chi connectivity index (χ1v) is 10.9. The van der Waals surface area contributed by atoms with Gasteiger partial charge in [0.25, 0.3) is 5.91 Å². The Kier molecular flexibility index (Phi) is 7.53. The third-order valence-corrected chi connectivity index (χ3v) is 5.48. The molecule has 0 fully saturated rings. The molecule has 0 radical (unpaired) electrons. The van der Waals surface area contributed by atoms with E-state index in [1.165, 1.54) is 18.2 Å². The zero-order valence-electron chi connectivity index (χ0n) is 17.0. The number of carbonyl (C=O) groups is 2. The summed E-state index contributed by atoms with van der Waals surface area (Å²) < 4.78 is 27.1. The van der Waals surface area contributed by atoms with Crippen LogP contribution in [-0.4, -0.2) is 32.3 Å². The standard InChI is InChI=1S/C21H27N3O4S/c1-14(2)22-20(25)12-16-8-10-18(11-9-16)23-21(26)17-6-5-7-19(13-17)29(27,28)24-15(3)4/h5-11,13-15,24H,12H2,1-4H3,(H,22,25)(H,23,26). The van der Waals surface area contributed by atoms with Gasteiger partial charge in [0.2, 0.25) is 15.9 Å². The Morgan fingerprint density at radius 2 is 1.59 bits per heavy atom. The second-order valence-corrected chi connectivity index (χ2v) is 9.07. The van der Waals surface area contributed by atoms with Crippen LogP contribution in [0.1, 0.15) is 43.6 Å². The summed E-state index contributed by atoms with van der Waals surface area (Å²) in [7, 11) is -3.68. The molecule has 0 aliphatic carbocycles. The largest absolute Gasteiger partial charge is 0.354 e. The summed E-state index contributed by atoms with van der Waals surface area (Å²) in [5.74, 6) is -0.485. The van der Waals surface area contributed by atoms with Gasteiger partial charge in [-0.25, -0.2) is 13.1 Å². The molecule has 0 heterocycles. The molecule has 7 nitrogen and oxygen atoms in total. The molecule has 0 spiro atoms. The van der Waals surface area contributed by atoms with E-state index in [1.54, 1.807) is 44.2 Å². The lowest BCUT2D eigenvalue weighted by atomic mass is 10.1. The molecule has 0 bridgehead atoms. The van der Waals surface area contributed by atoms with Crippen molar-refractivity contribution < 1.29 is 18.0 Å². The summed E-state index contributed by atoms with van der Waals surface area (Å²) in [4.78, 5) is 24.4. The number of amides is 2. The Morgan fingerprint density at radius 1 is 0.931 bits per heavy atom. The fraction of sp³-hybridized carbons (Fsp3) is 0.333. The SMILES string of the molecule is CC(C)NC(=O)Cc1ccc(NC(=O)c2cccc(S(=O)(=O)NC(C)C)c2)cc1. The summed E-state index contributed by atoms with van der Waals surface area (Å²) in [6.45, 7) is 7.25. The van der Waals surface area contributed by atoms with Gasteiger partial charge in [0.1, 0.15) is 0 Å². The van der Waals surface area contributed by atoms with Crippen LogP contribution in [0.15, 0.2) is 53.4 Å². The van der Waals surface area contributed by atoms with Gasteiger partial charge in [0.05, 0.1) is 11.3 Å². The van der Waals surface area contributed by atoms with Crippen LogP contribution in [0.2, 0.25) is 0 Å². The van der Waals surface area contributed by atoms with E-state index in [-0.39, 0.29) is 34.9 Å². The molecule has 156 valence electrons. The quantitative estimate of drug-likeness (QED) is 0.614. The second-order valence-electron chi connectivity index (χ2n) is 7.35. The van der Waals surface area contributed by atoms with E-state index >= 15 is 0 Å². The van der Waals surface area contributed by atoms with Gasteiger partial charge in [-0.05, 0) is 63.6 Å². The summed E-state index contributed by atoms with van der Waals surface area (Å²) in [5, 5.41) is 5.56. The van der Waals surface area contributed by atoms with E-state index in [9.17, 15) is 18.0 Å².